The van der Waals surface area contributed by atoms with Crippen LogP contribution in [0.5, 0.6) is 0 Å². The Hall–Kier alpha value is -2.18. The number of carbonyl (C=O) groups excluding carboxylic acids is 1. The summed E-state index contributed by atoms with van der Waals surface area (Å²) in [5, 5.41) is 3.89. The maximum atomic E-state index is 11.5. The fraction of sp³-hybridized carbons (Fsp3) is 0.250. The Morgan fingerprint density at radius 1 is 1.60 bits per heavy atom. The zero-order chi connectivity index (χ0) is 10.8. The first kappa shape index (κ1) is 9.38. The number of esters is 1. The topological polar surface area (TPSA) is 95.4 Å². The van der Waals surface area contributed by atoms with E-state index in [4.69, 9.17) is 10.5 Å². The minimum Gasteiger partial charge on any atom is -0.462 e. The van der Waals surface area contributed by atoms with Gasteiger partial charge in [0.2, 0.25) is 5.95 Å². The van der Waals surface area contributed by atoms with Crippen molar-refractivity contribution in [3.8, 4) is 0 Å². The molecule has 2 aromatic rings. The van der Waals surface area contributed by atoms with Gasteiger partial charge in [-0.2, -0.15) is 9.61 Å². The van der Waals surface area contributed by atoms with E-state index in [1.54, 1.807) is 6.92 Å². The van der Waals surface area contributed by atoms with Gasteiger partial charge in [-0.15, -0.1) is 0 Å². The number of nitrogens with two attached hydrogens (primary N) is 1. The predicted octanol–water partition coefficient (Wildman–Crippen LogP) is -0.117. The van der Waals surface area contributed by atoms with E-state index < -0.39 is 5.97 Å². The zero-order valence-corrected chi connectivity index (χ0v) is 8.04. The molecule has 15 heavy (non-hydrogen) atoms. The van der Waals surface area contributed by atoms with Crippen LogP contribution in [0.3, 0.4) is 0 Å². The highest BCUT2D eigenvalue weighted by atomic mass is 16.5. The molecular weight excluding hydrogens is 198 g/mol. The van der Waals surface area contributed by atoms with E-state index in [9.17, 15) is 4.79 Å². The average molecular weight is 207 g/mol. The second kappa shape index (κ2) is 3.52. The van der Waals surface area contributed by atoms with Gasteiger partial charge in [0, 0.05) is 0 Å². The van der Waals surface area contributed by atoms with Crippen molar-refractivity contribution >= 4 is 17.6 Å². The van der Waals surface area contributed by atoms with Gasteiger partial charge >= 0.3 is 5.97 Å². The molecule has 0 aromatic carbocycles. The molecule has 0 aliphatic carbocycles. The molecule has 2 heterocycles. The first-order valence-electron chi connectivity index (χ1n) is 4.35. The van der Waals surface area contributed by atoms with Crippen molar-refractivity contribution in [1.29, 1.82) is 0 Å². The molecular formula is C8H9N5O2. The molecule has 2 aromatic heterocycles. The van der Waals surface area contributed by atoms with Crippen LogP contribution in [0.4, 0.5) is 5.95 Å². The van der Waals surface area contributed by atoms with Crippen molar-refractivity contribution in [2.45, 2.75) is 6.92 Å². The third kappa shape index (κ3) is 1.47. The number of anilines is 1. The summed E-state index contributed by atoms with van der Waals surface area (Å²) in [6.07, 6.45) is 2.63. The van der Waals surface area contributed by atoms with Gasteiger partial charge in [-0.05, 0) is 6.92 Å². The molecule has 0 atom stereocenters. The highest BCUT2D eigenvalue weighted by Gasteiger charge is 2.15. The van der Waals surface area contributed by atoms with Gasteiger partial charge in [-0.25, -0.2) is 14.8 Å². The Morgan fingerprint density at radius 3 is 3.13 bits per heavy atom. The zero-order valence-electron chi connectivity index (χ0n) is 8.04. The summed E-state index contributed by atoms with van der Waals surface area (Å²) in [5.74, 6) is -0.291. The normalized spacial score (nSPS) is 10.5. The first-order chi connectivity index (χ1) is 7.24. The highest BCUT2D eigenvalue weighted by molar-refractivity contribution is 5.95. The van der Waals surface area contributed by atoms with Crippen LogP contribution in [0.2, 0.25) is 0 Å². The number of ether oxygens (including phenoxy) is 1. The summed E-state index contributed by atoms with van der Waals surface area (Å²) >= 11 is 0. The molecule has 0 spiro atoms. The number of nitrogens with zero attached hydrogens (tertiary/aromatic N) is 4. The van der Waals surface area contributed by atoms with Gasteiger partial charge in [0.05, 0.1) is 12.8 Å². The Labute approximate surface area is 84.9 Å². The molecule has 7 nitrogen and oxygen atoms in total. The van der Waals surface area contributed by atoms with Crippen molar-refractivity contribution < 1.29 is 9.53 Å². The molecule has 0 unspecified atom stereocenters. The minimum absolute atomic E-state index is 0.176. The Bertz CT molecular complexity index is 507. The monoisotopic (exact) mass is 207 g/mol. The molecule has 7 heteroatoms. The standard InChI is InChI=1S/C8H9N5O2/c1-2-15-7(14)5-3-12-13-6(5)10-4-11-8(13)9/h3-4H,2H2,1H3,(H2,9,10,11). The maximum Gasteiger partial charge on any atom is 0.343 e. The van der Waals surface area contributed by atoms with Gasteiger partial charge in [0.25, 0.3) is 0 Å². The number of nitrogen functional groups attached to an aromatic ring is 1. The van der Waals surface area contributed by atoms with Crippen LogP contribution in [0.15, 0.2) is 12.5 Å². The smallest absolute Gasteiger partial charge is 0.343 e. The van der Waals surface area contributed by atoms with E-state index in [1.807, 2.05) is 0 Å². The Morgan fingerprint density at radius 2 is 2.40 bits per heavy atom. The summed E-state index contributed by atoms with van der Waals surface area (Å²) < 4.78 is 6.12. The maximum absolute atomic E-state index is 11.5. The SMILES string of the molecule is CCOC(=O)c1cnn2c(N)ncnc12. The summed E-state index contributed by atoms with van der Waals surface area (Å²) in [6, 6.07) is 0. The Kier molecular flexibility index (Phi) is 2.20. The highest BCUT2D eigenvalue weighted by Crippen LogP contribution is 2.10. The minimum atomic E-state index is -0.467. The van der Waals surface area contributed by atoms with Crippen LogP contribution in [0.25, 0.3) is 5.65 Å². The van der Waals surface area contributed by atoms with Crippen molar-refractivity contribution in [1.82, 2.24) is 19.6 Å². The molecule has 0 saturated carbocycles. The fourth-order valence-corrected chi connectivity index (χ4v) is 1.18. The Balaban J connectivity index is 2.54. The number of carbonyl (C=O) groups is 1. The lowest BCUT2D eigenvalue weighted by molar-refractivity contribution is 0.0528. The predicted molar refractivity (Wildman–Crippen MR) is 51.2 cm³/mol. The van der Waals surface area contributed by atoms with Crippen molar-refractivity contribution in [2.24, 2.45) is 0 Å². The largest absolute Gasteiger partial charge is 0.462 e. The van der Waals surface area contributed by atoms with Crippen LogP contribution in [-0.2, 0) is 4.74 Å². The second-order valence-corrected chi connectivity index (χ2v) is 2.75. The van der Waals surface area contributed by atoms with Crippen LogP contribution < -0.4 is 5.73 Å². The van der Waals surface area contributed by atoms with Crippen molar-refractivity contribution in [3.05, 3.63) is 18.1 Å². The molecule has 0 aliphatic heterocycles. The lowest BCUT2D eigenvalue weighted by atomic mass is 10.3. The fourth-order valence-electron chi connectivity index (χ4n) is 1.18. The van der Waals surface area contributed by atoms with Crippen molar-refractivity contribution in [2.75, 3.05) is 12.3 Å². The van der Waals surface area contributed by atoms with Crippen LogP contribution in [0, 0.1) is 0 Å². The summed E-state index contributed by atoms with van der Waals surface area (Å²) in [7, 11) is 0. The molecule has 0 aliphatic rings. The van der Waals surface area contributed by atoms with E-state index in [-0.39, 0.29) is 11.5 Å². The molecule has 0 fully saturated rings. The van der Waals surface area contributed by atoms with E-state index in [2.05, 4.69) is 15.1 Å². The van der Waals surface area contributed by atoms with E-state index >= 15 is 0 Å². The van der Waals surface area contributed by atoms with Crippen LogP contribution >= 0.6 is 0 Å². The van der Waals surface area contributed by atoms with Crippen LogP contribution in [-0.4, -0.2) is 32.2 Å². The third-order valence-corrected chi connectivity index (χ3v) is 1.83. The molecule has 0 amide bonds. The number of aromatic nitrogens is 4. The molecule has 2 rings (SSSR count). The second-order valence-electron chi connectivity index (χ2n) is 2.75. The van der Waals surface area contributed by atoms with E-state index in [0.29, 0.717) is 12.3 Å². The van der Waals surface area contributed by atoms with Gasteiger partial charge in [0.15, 0.2) is 5.65 Å². The van der Waals surface area contributed by atoms with Gasteiger partial charge in [-0.1, -0.05) is 0 Å². The lowest BCUT2D eigenvalue weighted by Crippen LogP contribution is -2.06. The molecule has 78 valence electrons. The molecule has 0 saturated heterocycles. The van der Waals surface area contributed by atoms with Gasteiger partial charge in [0.1, 0.15) is 11.9 Å². The van der Waals surface area contributed by atoms with E-state index in [1.165, 1.54) is 17.0 Å². The van der Waals surface area contributed by atoms with E-state index in [0.717, 1.165) is 0 Å². The number of hydrogen-bond acceptors (Lipinski definition) is 6. The summed E-state index contributed by atoms with van der Waals surface area (Å²) in [4.78, 5) is 19.1. The molecule has 2 N–H and O–H groups in total. The number of fused-ring (bicyclic) bond motifs is 1. The quantitative estimate of drug-likeness (QED) is 0.690. The summed E-state index contributed by atoms with van der Waals surface area (Å²) in [5.41, 5.74) is 6.17. The molecule has 0 bridgehead atoms. The lowest BCUT2D eigenvalue weighted by Gasteiger charge is -1.99. The number of rotatable bonds is 2. The average Bonchev–Trinajstić information content (AvgIpc) is 2.63. The van der Waals surface area contributed by atoms with Crippen molar-refractivity contribution in [3.63, 3.8) is 0 Å². The first-order valence-corrected chi connectivity index (χ1v) is 4.35. The number of hydrogen-bond donors (Lipinski definition) is 1. The summed E-state index contributed by atoms with van der Waals surface area (Å²) in [6.45, 7) is 2.03. The van der Waals surface area contributed by atoms with Gasteiger partial charge < -0.3 is 10.5 Å². The molecule has 0 radical (unpaired) electrons. The third-order valence-electron chi connectivity index (χ3n) is 1.83. The van der Waals surface area contributed by atoms with Crippen LogP contribution in [0.1, 0.15) is 17.3 Å². The van der Waals surface area contributed by atoms with Gasteiger partial charge in [-0.3, -0.25) is 0 Å².